The van der Waals surface area contributed by atoms with Gasteiger partial charge in [0.2, 0.25) is 17.7 Å². The first-order valence-corrected chi connectivity index (χ1v) is 7.19. The lowest BCUT2D eigenvalue weighted by Crippen LogP contribution is -2.54. The van der Waals surface area contributed by atoms with E-state index in [1.54, 1.807) is 0 Å². The van der Waals surface area contributed by atoms with Crippen molar-refractivity contribution in [2.45, 2.75) is 26.2 Å². The van der Waals surface area contributed by atoms with Gasteiger partial charge in [0.25, 0.3) is 0 Å². The van der Waals surface area contributed by atoms with E-state index in [-0.39, 0.29) is 30.8 Å². The molecule has 0 spiro atoms. The van der Waals surface area contributed by atoms with Crippen molar-refractivity contribution in [1.29, 1.82) is 0 Å². The largest absolute Gasteiger partial charge is 0.324 e. The summed E-state index contributed by atoms with van der Waals surface area (Å²) in [6.07, 6.45) is 0.847. The minimum absolute atomic E-state index is 0.0512. The fraction of sp³-hybridized carbons (Fsp3) is 0.438. The van der Waals surface area contributed by atoms with Gasteiger partial charge in [0.1, 0.15) is 13.1 Å². The Bertz CT molecular complexity index is 526. The maximum absolute atomic E-state index is 12.8. The van der Waals surface area contributed by atoms with Crippen LogP contribution in [0.25, 0.3) is 0 Å². The van der Waals surface area contributed by atoms with Crippen LogP contribution in [0.5, 0.6) is 0 Å². The summed E-state index contributed by atoms with van der Waals surface area (Å²) in [5, 5.41) is 2.21. The van der Waals surface area contributed by atoms with Crippen molar-refractivity contribution in [1.82, 2.24) is 10.2 Å². The number of piperazine rings is 1. The zero-order valence-electron chi connectivity index (χ0n) is 12.3. The van der Waals surface area contributed by atoms with Crippen LogP contribution in [0.1, 0.15) is 31.7 Å². The third-order valence-corrected chi connectivity index (χ3v) is 3.90. The van der Waals surface area contributed by atoms with E-state index in [0.717, 1.165) is 12.0 Å². The molecule has 1 N–H and O–H groups in total. The molecule has 3 amide bonds. The zero-order valence-corrected chi connectivity index (χ0v) is 12.3. The average Bonchev–Trinajstić information content (AvgIpc) is 2.47. The Morgan fingerprint density at radius 2 is 1.76 bits per heavy atom. The molecule has 0 aromatic heterocycles. The average molecular weight is 288 g/mol. The van der Waals surface area contributed by atoms with Gasteiger partial charge in [-0.1, -0.05) is 50.6 Å². The number of hydrogen-bond acceptors (Lipinski definition) is 3. The SMILES string of the molecule is CCC(C)C(C(=O)N1CC(=O)NC(=O)C1)c1ccccc1. The van der Waals surface area contributed by atoms with Crippen molar-refractivity contribution in [3.8, 4) is 0 Å². The number of amides is 3. The van der Waals surface area contributed by atoms with Crippen molar-refractivity contribution in [3.05, 3.63) is 35.9 Å². The van der Waals surface area contributed by atoms with Crippen LogP contribution in [-0.2, 0) is 14.4 Å². The standard InChI is InChI=1S/C16H20N2O3/c1-3-11(2)15(12-7-5-4-6-8-12)16(21)18-9-13(19)17-14(20)10-18/h4-8,11,15H,3,9-10H2,1-2H3,(H,17,19,20). The van der Waals surface area contributed by atoms with Crippen LogP contribution in [0, 0.1) is 5.92 Å². The van der Waals surface area contributed by atoms with Crippen molar-refractivity contribution < 1.29 is 14.4 Å². The number of carbonyl (C=O) groups is 3. The molecule has 0 aliphatic carbocycles. The highest BCUT2D eigenvalue weighted by Gasteiger charge is 2.34. The van der Waals surface area contributed by atoms with Crippen LogP contribution in [-0.4, -0.2) is 35.7 Å². The van der Waals surface area contributed by atoms with Crippen LogP contribution >= 0.6 is 0 Å². The Labute approximate surface area is 124 Å². The van der Waals surface area contributed by atoms with E-state index in [0.29, 0.717) is 0 Å². The summed E-state index contributed by atoms with van der Waals surface area (Å²) in [7, 11) is 0. The van der Waals surface area contributed by atoms with Gasteiger partial charge in [-0.3, -0.25) is 19.7 Å². The van der Waals surface area contributed by atoms with E-state index in [4.69, 9.17) is 0 Å². The van der Waals surface area contributed by atoms with Crippen molar-refractivity contribution in [3.63, 3.8) is 0 Å². The van der Waals surface area contributed by atoms with E-state index < -0.39 is 11.8 Å². The molecular formula is C16H20N2O3. The predicted molar refractivity (Wildman–Crippen MR) is 78.4 cm³/mol. The maximum Gasteiger partial charge on any atom is 0.246 e. The molecule has 1 heterocycles. The van der Waals surface area contributed by atoms with Crippen LogP contribution in [0.15, 0.2) is 30.3 Å². The monoisotopic (exact) mass is 288 g/mol. The van der Waals surface area contributed by atoms with Gasteiger partial charge in [0.15, 0.2) is 0 Å². The molecular weight excluding hydrogens is 268 g/mol. The van der Waals surface area contributed by atoms with E-state index >= 15 is 0 Å². The lowest BCUT2D eigenvalue weighted by molar-refractivity contribution is -0.146. The molecule has 1 aliphatic rings. The summed E-state index contributed by atoms with van der Waals surface area (Å²) in [6.45, 7) is 3.94. The van der Waals surface area contributed by atoms with E-state index in [9.17, 15) is 14.4 Å². The molecule has 0 radical (unpaired) electrons. The van der Waals surface area contributed by atoms with E-state index in [1.165, 1.54) is 4.90 Å². The van der Waals surface area contributed by atoms with Crippen LogP contribution < -0.4 is 5.32 Å². The third kappa shape index (κ3) is 3.48. The van der Waals surface area contributed by atoms with Crippen molar-refractivity contribution in [2.75, 3.05) is 13.1 Å². The summed E-state index contributed by atoms with van der Waals surface area (Å²) < 4.78 is 0. The molecule has 0 saturated carbocycles. The van der Waals surface area contributed by atoms with Crippen molar-refractivity contribution in [2.24, 2.45) is 5.92 Å². The second kappa shape index (κ2) is 6.52. The summed E-state index contributed by atoms with van der Waals surface area (Å²) >= 11 is 0. The Morgan fingerprint density at radius 3 is 2.29 bits per heavy atom. The zero-order chi connectivity index (χ0) is 15.4. The summed E-state index contributed by atoms with van der Waals surface area (Å²) in [5.74, 6) is -1.18. The van der Waals surface area contributed by atoms with Gasteiger partial charge >= 0.3 is 0 Å². The molecule has 5 heteroatoms. The second-order valence-electron chi connectivity index (χ2n) is 5.44. The van der Waals surface area contributed by atoms with Gasteiger partial charge in [-0.25, -0.2) is 0 Å². The molecule has 2 atom stereocenters. The number of rotatable bonds is 4. The molecule has 21 heavy (non-hydrogen) atoms. The quantitative estimate of drug-likeness (QED) is 0.849. The summed E-state index contributed by atoms with van der Waals surface area (Å²) in [5.41, 5.74) is 0.926. The molecule has 1 aliphatic heterocycles. The topological polar surface area (TPSA) is 66.5 Å². The molecule has 5 nitrogen and oxygen atoms in total. The molecule has 112 valence electrons. The molecule has 2 unspecified atom stereocenters. The summed E-state index contributed by atoms with van der Waals surface area (Å²) in [6, 6.07) is 9.53. The third-order valence-electron chi connectivity index (χ3n) is 3.90. The lowest BCUT2D eigenvalue weighted by Gasteiger charge is -2.31. The van der Waals surface area contributed by atoms with Gasteiger partial charge in [0, 0.05) is 0 Å². The highest BCUT2D eigenvalue weighted by molar-refractivity contribution is 6.03. The Balaban J connectivity index is 2.26. The minimum atomic E-state index is -0.421. The summed E-state index contributed by atoms with van der Waals surface area (Å²) in [4.78, 5) is 37.1. The smallest absolute Gasteiger partial charge is 0.246 e. The number of carbonyl (C=O) groups excluding carboxylic acids is 3. The Morgan fingerprint density at radius 1 is 1.19 bits per heavy atom. The maximum atomic E-state index is 12.8. The van der Waals surface area contributed by atoms with Crippen LogP contribution in [0.4, 0.5) is 0 Å². The van der Waals surface area contributed by atoms with Crippen LogP contribution in [0.2, 0.25) is 0 Å². The number of hydrogen-bond donors (Lipinski definition) is 1. The van der Waals surface area contributed by atoms with Gasteiger partial charge in [0.05, 0.1) is 5.92 Å². The van der Waals surface area contributed by atoms with Gasteiger partial charge in [-0.2, -0.15) is 0 Å². The number of nitrogens with one attached hydrogen (secondary N) is 1. The van der Waals surface area contributed by atoms with Gasteiger partial charge in [-0.15, -0.1) is 0 Å². The Kier molecular flexibility index (Phi) is 4.73. The van der Waals surface area contributed by atoms with E-state index in [1.807, 2.05) is 44.2 Å². The lowest BCUT2D eigenvalue weighted by atomic mass is 9.84. The Hall–Kier alpha value is -2.17. The first kappa shape index (κ1) is 15.2. The molecule has 1 fully saturated rings. The number of imide groups is 1. The van der Waals surface area contributed by atoms with E-state index in [2.05, 4.69) is 5.32 Å². The first-order chi connectivity index (χ1) is 10.0. The van der Waals surface area contributed by atoms with Gasteiger partial charge in [-0.05, 0) is 11.5 Å². The second-order valence-corrected chi connectivity index (χ2v) is 5.44. The number of benzene rings is 1. The van der Waals surface area contributed by atoms with Crippen LogP contribution in [0.3, 0.4) is 0 Å². The fourth-order valence-electron chi connectivity index (χ4n) is 2.60. The predicted octanol–water partition coefficient (Wildman–Crippen LogP) is 1.30. The highest BCUT2D eigenvalue weighted by Crippen LogP contribution is 2.29. The molecule has 1 aromatic carbocycles. The normalized spacial score (nSPS) is 18.1. The molecule has 1 saturated heterocycles. The van der Waals surface area contributed by atoms with Gasteiger partial charge < -0.3 is 4.90 Å². The molecule has 1 aromatic rings. The first-order valence-electron chi connectivity index (χ1n) is 7.19. The number of nitrogens with zero attached hydrogens (tertiary/aromatic N) is 1. The molecule has 0 bridgehead atoms. The highest BCUT2D eigenvalue weighted by atomic mass is 16.2. The fourth-order valence-corrected chi connectivity index (χ4v) is 2.60. The minimum Gasteiger partial charge on any atom is -0.324 e. The van der Waals surface area contributed by atoms with Crippen molar-refractivity contribution >= 4 is 17.7 Å². The molecule has 2 rings (SSSR count).